The van der Waals surface area contributed by atoms with Crippen molar-refractivity contribution in [3.63, 3.8) is 0 Å². The number of methoxy groups -OCH3 is 2. The molecule has 0 unspecified atom stereocenters. The SMILES string of the molecule is [CH2-]CC(OC)OC.[Zn+][Br]. The maximum atomic E-state index is 4.76. The molecule has 0 aromatic heterocycles. The predicted octanol–water partition coefficient (Wildman–Crippen LogP) is 1.67. The Morgan fingerprint density at radius 1 is 1.44 bits per heavy atom. The van der Waals surface area contributed by atoms with Crippen molar-refractivity contribution >= 4 is 13.6 Å². The van der Waals surface area contributed by atoms with E-state index in [1.54, 1.807) is 14.2 Å². The van der Waals surface area contributed by atoms with Crippen LogP contribution in [0.2, 0.25) is 0 Å². The van der Waals surface area contributed by atoms with Gasteiger partial charge in [0.15, 0.2) is 0 Å². The molecule has 0 atom stereocenters. The Bertz CT molecular complexity index is 36.4. The molecule has 0 aliphatic carbocycles. The fraction of sp³-hybridized carbons (Fsp3) is 0.800. The van der Waals surface area contributed by atoms with Gasteiger partial charge in [-0.05, 0) is 0 Å². The van der Waals surface area contributed by atoms with Gasteiger partial charge in [-0.25, -0.2) is 0 Å². The first-order chi connectivity index (χ1) is 4.35. The molecule has 0 aliphatic heterocycles. The molecule has 0 aliphatic rings. The van der Waals surface area contributed by atoms with Gasteiger partial charge in [0.25, 0.3) is 0 Å². The summed E-state index contributed by atoms with van der Waals surface area (Å²) in [7, 11) is 3.19. The summed E-state index contributed by atoms with van der Waals surface area (Å²) < 4.78 is 9.53. The summed E-state index contributed by atoms with van der Waals surface area (Å²) in [5, 5.41) is 0. The second-order valence-corrected chi connectivity index (χ2v) is 1.19. The predicted molar refractivity (Wildman–Crippen MR) is 36.7 cm³/mol. The van der Waals surface area contributed by atoms with Gasteiger partial charge in [0.2, 0.25) is 0 Å². The van der Waals surface area contributed by atoms with Crippen LogP contribution in [0.3, 0.4) is 0 Å². The molecule has 0 heterocycles. The first-order valence-electron chi connectivity index (χ1n) is 2.46. The van der Waals surface area contributed by atoms with Gasteiger partial charge < -0.3 is 16.4 Å². The third-order valence-corrected chi connectivity index (χ3v) is 0.761. The second kappa shape index (κ2) is 11.8. The molecule has 0 fully saturated rings. The zero-order valence-electron chi connectivity index (χ0n) is 5.89. The van der Waals surface area contributed by atoms with Crippen LogP contribution in [0.5, 0.6) is 0 Å². The Morgan fingerprint density at radius 2 is 1.78 bits per heavy atom. The Morgan fingerprint density at radius 3 is 1.78 bits per heavy atom. The molecular weight excluding hydrogens is 237 g/mol. The molecule has 0 aromatic rings. The van der Waals surface area contributed by atoms with E-state index < -0.39 is 0 Å². The van der Waals surface area contributed by atoms with Gasteiger partial charge in [0.1, 0.15) is 6.29 Å². The second-order valence-electron chi connectivity index (χ2n) is 1.19. The molecule has 0 amide bonds. The van der Waals surface area contributed by atoms with Crippen LogP contribution in [0.15, 0.2) is 0 Å². The minimum absolute atomic E-state index is 0.125. The van der Waals surface area contributed by atoms with Crippen molar-refractivity contribution in [2.45, 2.75) is 12.7 Å². The van der Waals surface area contributed by atoms with Crippen LogP contribution in [0.25, 0.3) is 0 Å². The monoisotopic (exact) mass is 246 g/mol. The van der Waals surface area contributed by atoms with Gasteiger partial charge in [-0.2, -0.15) is 0 Å². The van der Waals surface area contributed by atoms with Crippen LogP contribution in [0, 0.1) is 6.92 Å². The van der Waals surface area contributed by atoms with Crippen molar-refractivity contribution < 1.29 is 25.8 Å². The van der Waals surface area contributed by atoms with E-state index in [1.807, 2.05) is 0 Å². The van der Waals surface area contributed by atoms with Gasteiger partial charge in [-0.3, -0.25) is 0 Å². The molecular formula is C5H11BrO2Zn. The summed E-state index contributed by atoms with van der Waals surface area (Å²) in [5.74, 6) is 0. The molecule has 52 valence electrons. The third-order valence-electron chi connectivity index (χ3n) is 0.761. The van der Waals surface area contributed by atoms with Crippen LogP contribution in [0.4, 0.5) is 0 Å². The summed E-state index contributed by atoms with van der Waals surface area (Å²) in [6.45, 7) is 3.58. The van der Waals surface area contributed by atoms with E-state index in [0.717, 1.165) is 0 Å². The van der Waals surface area contributed by atoms with Crippen molar-refractivity contribution in [1.82, 2.24) is 0 Å². The first-order valence-corrected chi connectivity index (χ1v) is 9.41. The van der Waals surface area contributed by atoms with E-state index >= 15 is 0 Å². The molecule has 0 aromatic carbocycles. The molecule has 0 bridgehead atoms. The first kappa shape index (κ1) is 12.7. The van der Waals surface area contributed by atoms with Crippen LogP contribution in [0.1, 0.15) is 6.42 Å². The molecule has 0 rings (SSSR count). The van der Waals surface area contributed by atoms with Crippen molar-refractivity contribution in [3.05, 3.63) is 6.92 Å². The van der Waals surface area contributed by atoms with E-state index in [1.165, 1.54) is 16.3 Å². The summed E-state index contributed by atoms with van der Waals surface area (Å²) in [6, 6.07) is 0. The van der Waals surface area contributed by atoms with Crippen LogP contribution < -0.4 is 0 Å². The molecule has 2 nitrogen and oxygen atoms in total. The van der Waals surface area contributed by atoms with Crippen molar-refractivity contribution in [2.24, 2.45) is 0 Å². The summed E-state index contributed by atoms with van der Waals surface area (Å²) in [6.07, 6.45) is 0.535. The van der Waals surface area contributed by atoms with Crippen molar-refractivity contribution in [2.75, 3.05) is 14.2 Å². The topological polar surface area (TPSA) is 18.5 Å². The Labute approximate surface area is 73.3 Å². The van der Waals surface area contributed by atoms with Gasteiger partial charge >= 0.3 is 30.0 Å². The van der Waals surface area contributed by atoms with Crippen molar-refractivity contribution in [1.29, 1.82) is 0 Å². The normalized spacial score (nSPS) is 8.78. The Hall–Kier alpha value is 1.02. The molecule has 4 heteroatoms. The molecule has 0 spiro atoms. The minimum atomic E-state index is -0.125. The van der Waals surface area contributed by atoms with Gasteiger partial charge in [-0.1, -0.05) is 0 Å². The summed E-state index contributed by atoms with van der Waals surface area (Å²) in [4.78, 5) is 0. The number of hydrogen-bond acceptors (Lipinski definition) is 2. The quantitative estimate of drug-likeness (QED) is 0.430. The number of rotatable bonds is 3. The molecule has 9 heavy (non-hydrogen) atoms. The summed E-state index contributed by atoms with van der Waals surface area (Å²) in [5.41, 5.74) is 0. The average Bonchev–Trinajstić information content (AvgIpc) is 1.96. The Balaban J connectivity index is 0. The fourth-order valence-corrected chi connectivity index (χ4v) is 0.332. The van der Waals surface area contributed by atoms with Crippen LogP contribution >= 0.6 is 13.6 Å². The number of halogens is 1. The van der Waals surface area contributed by atoms with Crippen LogP contribution in [-0.2, 0) is 25.8 Å². The standard InChI is InChI=1S/C5H11O2.BrH.Zn/c1-4-5(6-2)7-3;;/h5H,1,4H2,2-3H3;1H;/q-1;;+2/p-1. The van der Waals surface area contributed by atoms with E-state index in [9.17, 15) is 0 Å². The summed E-state index contributed by atoms with van der Waals surface area (Å²) >= 11 is 4.25. The van der Waals surface area contributed by atoms with Gasteiger partial charge in [-0.15, -0.1) is 6.42 Å². The third kappa shape index (κ3) is 9.02. The molecule has 0 saturated carbocycles. The molecule has 0 N–H and O–H groups in total. The van der Waals surface area contributed by atoms with E-state index in [2.05, 4.69) is 20.5 Å². The molecule has 0 radical (unpaired) electrons. The molecule has 0 saturated heterocycles. The van der Waals surface area contributed by atoms with Crippen molar-refractivity contribution in [3.8, 4) is 0 Å². The number of ether oxygens (including phenoxy) is 2. The van der Waals surface area contributed by atoms with E-state index in [0.29, 0.717) is 6.42 Å². The van der Waals surface area contributed by atoms with Crippen LogP contribution in [-0.4, -0.2) is 20.5 Å². The van der Waals surface area contributed by atoms with E-state index in [4.69, 9.17) is 9.47 Å². The zero-order valence-corrected chi connectivity index (χ0v) is 10.4. The fourth-order valence-electron chi connectivity index (χ4n) is 0.332. The Kier molecular flexibility index (Phi) is 16.6. The van der Waals surface area contributed by atoms with Gasteiger partial charge in [0.05, 0.1) is 0 Å². The van der Waals surface area contributed by atoms with E-state index in [-0.39, 0.29) is 6.29 Å². The number of hydrogen-bond donors (Lipinski definition) is 0. The average molecular weight is 248 g/mol. The maximum absolute atomic E-state index is 4.76. The van der Waals surface area contributed by atoms with Gasteiger partial charge in [0, 0.05) is 14.2 Å². The zero-order chi connectivity index (χ0) is 7.70.